The average molecular weight is 427 g/mol. The zero-order valence-electron chi connectivity index (χ0n) is 16.1. The molecular formula is C23H23ClN2O2S. The third-order valence-corrected chi connectivity index (χ3v) is 6.60. The first-order valence-corrected chi connectivity index (χ1v) is 11.1. The van der Waals surface area contributed by atoms with Gasteiger partial charge in [0.15, 0.2) is 0 Å². The predicted molar refractivity (Wildman–Crippen MR) is 119 cm³/mol. The first-order chi connectivity index (χ1) is 14.1. The highest BCUT2D eigenvalue weighted by atomic mass is 35.5. The number of anilines is 1. The summed E-state index contributed by atoms with van der Waals surface area (Å²) in [5.41, 5.74) is 1.69. The second-order valence-corrected chi connectivity index (χ2v) is 8.94. The van der Waals surface area contributed by atoms with Crippen LogP contribution in [0, 0.1) is 0 Å². The molecule has 1 heterocycles. The molecule has 1 fully saturated rings. The Morgan fingerprint density at radius 3 is 2.59 bits per heavy atom. The van der Waals surface area contributed by atoms with Crippen molar-refractivity contribution < 1.29 is 9.59 Å². The number of benzene rings is 2. The van der Waals surface area contributed by atoms with Crippen LogP contribution in [0.5, 0.6) is 0 Å². The molecule has 0 radical (unpaired) electrons. The number of nitrogens with one attached hydrogen (secondary N) is 1. The van der Waals surface area contributed by atoms with Crippen LogP contribution in [0.15, 0.2) is 58.3 Å². The molecule has 1 aliphatic heterocycles. The Morgan fingerprint density at radius 2 is 1.83 bits per heavy atom. The summed E-state index contributed by atoms with van der Waals surface area (Å²) in [7, 11) is 0. The fourth-order valence-electron chi connectivity index (χ4n) is 3.79. The zero-order valence-corrected chi connectivity index (χ0v) is 17.6. The number of halogens is 1. The lowest BCUT2D eigenvalue weighted by atomic mass is 9.95. The Bertz CT molecular complexity index is 936. The van der Waals surface area contributed by atoms with Crippen molar-refractivity contribution >= 4 is 46.9 Å². The number of hydrogen-bond acceptors (Lipinski definition) is 3. The van der Waals surface area contributed by atoms with E-state index in [1.807, 2.05) is 42.5 Å². The van der Waals surface area contributed by atoms with Crippen molar-refractivity contribution in [2.45, 2.75) is 43.0 Å². The maximum Gasteiger partial charge on any atom is 0.265 e. The van der Waals surface area contributed by atoms with Crippen LogP contribution in [0.25, 0.3) is 6.08 Å². The minimum Gasteiger partial charge on any atom is -0.352 e. The fraction of sp³-hybridized carbons (Fsp3) is 0.304. The van der Waals surface area contributed by atoms with Crippen LogP contribution < -0.4 is 10.2 Å². The minimum atomic E-state index is -0.151. The maximum absolute atomic E-state index is 13.2. The van der Waals surface area contributed by atoms with Crippen LogP contribution in [0.1, 0.15) is 37.7 Å². The van der Waals surface area contributed by atoms with Crippen molar-refractivity contribution in [2.24, 2.45) is 0 Å². The summed E-state index contributed by atoms with van der Waals surface area (Å²) < 4.78 is 0. The smallest absolute Gasteiger partial charge is 0.265 e. The first kappa shape index (κ1) is 20.0. The lowest BCUT2D eigenvalue weighted by molar-refractivity contribution is -0.123. The summed E-state index contributed by atoms with van der Waals surface area (Å²) in [6, 6.07) is 15.3. The van der Waals surface area contributed by atoms with E-state index in [-0.39, 0.29) is 24.4 Å². The standard InChI is InChI=1S/C23H23ClN2O2S/c24-17-12-10-16(11-13-17)14-21-23(28)26(19-8-4-5-9-20(19)29-21)15-22(27)25-18-6-2-1-3-7-18/h4-5,8-14,18H,1-3,6-7,15H2,(H,25,27)/b21-14-. The molecule has 0 saturated heterocycles. The van der Waals surface area contributed by atoms with Crippen molar-refractivity contribution in [1.29, 1.82) is 0 Å². The molecule has 1 N–H and O–H groups in total. The van der Waals surface area contributed by atoms with Crippen molar-refractivity contribution in [1.82, 2.24) is 5.32 Å². The Labute approximate surface area is 180 Å². The number of fused-ring (bicyclic) bond motifs is 1. The lowest BCUT2D eigenvalue weighted by Gasteiger charge is -2.31. The third kappa shape index (κ3) is 4.85. The van der Waals surface area contributed by atoms with Gasteiger partial charge in [-0.05, 0) is 48.7 Å². The van der Waals surface area contributed by atoms with Gasteiger partial charge in [-0.1, -0.05) is 66.9 Å². The van der Waals surface area contributed by atoms with Crippen molar-refractivity contribution in [3.63, 3.8) is 0 Å². The molecule has 6 heteroatoms. The molecule has 4 nitrogen and oxygen atoms in total. The van der Waals surface area contributed by atoms with Crippen molar-refractivity contribution in [3.8, 4) is 0 Å². The van der Waals surface area contributed by atoms with E-state index in [0.29, 0.717) is 9.93 Å². The summed E-state index contributed by atoms with van der Waals surface area (Å²) in [5, 5.41) is 3.77. The van der Waals surface area contributed by atoms with Gasteiger partial charge in [-0.3, -0.25) is 14.5 Å². The Hall–Kier alpha value is -2.24. The molecule has 2 aromatic carbocycles. The molecule has 1 aliphatic carbocycles. The first-order valence-electron chi connectivity index (χ1n) is 9.95. The molecule has 0 atom stereocenters. The van der Waals surface area contributed by atoms with Crippen LogP contribution >= 0.6 is 23.4 Å². The molecule has 150 valence electrons. The number of hydrogen-bond donors (Lipinski definition) is 1. The van der Waals surface area contributed by atoms with Crippen molar-refractivity contribution in [2.75, 3.05) is 11.4 Å². The van der Waals surface area contributed by atoms with E-state index >= 15 is 0 Å². The van der Waals surface area contributed by atoms with E-state index in [0.717, 1.165) is 41.8 Å². The SMILES string of the molecule is O=C(CN1C(=O)/C(=C/c2ccc(Cl)cc2)Sc2ccccc21)NC1CCCCC1. The molecule has 4 rings (SSSR count). The maximum atomic E-state index is 13.2. The molecule has 1 saturated carbocycles. The van der Waals surface area contributed by atoms with Crippen LogP contribution in [0.4, 0.5) is 5.69 Å². The number of carbonyl (C=O) groups excluding carboxylic acids is 2. The Morgan fingerprint density at radius 1 is 1.10 bits per heavy atom. The van der Waals surface area contributed by atoms with Gasteiger partial charge < -0.3 is 5.32 Å². The van der Waals surface area contributed by atoms with E-state index < -0.39 is 0 Å². The van der Waals surface area contributed by atoms with Gasteiger partial charge in [0.05, 0.1) is 10.6 Å². The Balaban J connectivity index is 1.57. The Kier molecular flexibility index (Phi) is 6.26. The average Bonchev–Trinajstić information content (AvgIpc) is 2.73. The molecule has 2 aromatic rings. The number of nitrogens with zero attached hydrogens (tertiary/aromatic N) is 1. The highest BCUT2D eigenvalue weighted by molar-refractivity contribution is 8.04. The van der Waals surface area contributed by atoms with Gasteiger partial charge in [0.1, 0.15) is 6.54 Å². The molecule has 0 aromatic heterocycles. The quantitative estimate of drug-likeness (QED) is 0.677. The lowest BCUT2D eigenvalue weighted by Crippen LogP contribution is -2.46. The minimum absolute atomic E-state index is 0.0326. The van der Waals surface area contributed by atoms with Crippen LogP contribution in [-0.4, -0.2) is 24.4 Å². The van der Waals surface area contributed by atoms with Crippen LogP contribution in [0.2, 0.25) is 5.02 Å². The van der Waals surface area contributed by atoms with Crippen LogP contribution in [-0.2, 0) is 9.59 Å². The molecule has 0 bridgehead atoms. The monoisotopic (exact) mass is 426 g/mol. The topological polar surface area (TPSA) is 49.4 Å². The van der Waals surface area contributed by atoms with Gasteiger partial charge in [0, 0.05) is 16.0 Å². The molecule has 29 heavy (non-hydrogen) atoms. The van der Waals surface area contributed by atoms with E-state index in [9.17, 15) is 9.59 Å². The number of amides is 2. The number of rotatable bonds is 4. The fourth-order valence-corrected chi connectivity index (χ4v) is 4.98. The van der Waals surface area contributed by atoms with E-state index in [2.05, 4.69) is 5.32 Å². The molecule has 0 unspecified atom stereocenters. The van der Waals surface area contributed by atoms with Gasteiger partial charge in [-0.25, -0.2) is 0 Å². The summed E-state index contributed by atoms with van der Waals surface area (Å²) in [5.74, 6) is -0.250. The largest absolute Gasteiger partial charge is 0.352 e. The highest BCUT2D eigenvalue weighted by Gasteiger charge is 2.31. The van der Waals surface area contributed by atoms with E-state index in [1.54, 1.807) is 17.0 Å². The second-order valence-electron chi connectivity index (χ2n) is 7.42. The summed E-state index contributed by atoms with van der Waals surface area (Å²) in [4.78, 5) is 29.1. The highest BCUT2D eigenvalue weighted by Crippen LogP contribution is 2.41. The van der Waals surface area contributed by atoms with Gasteiger partial charge in [-0.2, -0.15) is 0 Å². The third-order valence-electron chi connectivity index (χ3n) is 5.27. The predicted octanol–water partition coefficient (Wildman–Crippen LogP) is 5.27. The number of thioether (sulfide) groups is 1. The van der Waals surface area contributed by atoms with Gasteiger partial charge in [-0.15, -0.1) is 0 Å². The summed E-state index contributed by atoms with van der Waals surface area (Å²) in [6.07, 6.45) is 7.44. The molecule has 2 aliphatic rings. The summed E-state index contributed by atoms with van der Waals surface area (Å²) in [6.45, 7) is 0.0326. The normalized spacial score (nSPS) is 18.6. The van der Waals surface area contributed by atoms with E-state index in [4.69, 9.17) is 11.6 Å². The van der Waals surface area contributed by atoms with Crippen LogP contribution in [0.3, 0.4) is 0 Å². The van der Waals surface area contributed by atoms with Gasteiger partial charge >= 0.3 is 0 Å². The zero-order chi connectivity index (χ0) is 20.2. The van der Waals surface area contributed by atoms with E-state index in [1.165, 1.54) is 18.2 Å². The molecule has 0 spiro atoms. The second kappa shape index (κ2) is 9.06. The molecular weight excluding hydrogens is 404 g/mol. The van der Waals surface area contributed by atoms with Gasteiger partial charge in [0.25, 0.3) is 5.91 Å². The van der Waals surface area contributed by atoms with Gasteiger partial charge in [0.2, 0.25) is 5.91 Å². The summed E-state index contributed by atoms with van der Waals surface area (Å²) >= 11 is 7.40. The number of para-hydroxylation sites is 1. The van der Waals surface area contributed by atoms with Crippen molar-refractivity contribution in [3.05, 3.63) is 64.0 Å². The molecule has 2 amide bonds. The number of carbonyl (C=O) groups is 2.